The molecule has 0 saturated carbocycles. The van der Waals surface area contributed by atoms with E-state index in [2.05, 4.69) is 6.07 Å². The molecular weight excluding hydrogens is 214 g/mol. The monoisotopic (exact) mass is 228 g/mol. The Kier molecular flexibility index (Phi) is 3.22. The topological polar surface area (TPSA) is 63.3 Å². The first kappa shape index (κ1) is 11.8. The molecule has 0 aliphatic heterocycles. The van der Waals surface area contributed by atoms with E-state index in [9.17, 15) is 9.90 Å². The van der Waals surface area contributed by atoms with Crippen molar-refractivity contribution in [1.82, 2.24) is 0 Å². The quantitative estimate of drug-likeness (QED) is 0.783. The van der Waals surface area contributed by atoms with Gasteiger partial charge in [0, 0.05) is 5.56 Å². The van der Waals surface area contributed by atoms with Crippen molar-refractivity contribution in [1.29, 1.82) is 0 Å². The van der Waals surface area contributed by atoms with Crippen LogP contribution in [-0.4, -0.2) is 23.0 Å². The Morgan fingerprint density at radius 2 is 2.06 bits per heavy atom. The summed E-state index contributed by atoms with van der Waals surface area (Å²) in [6, 6.07) is 13.1. The maximum atomic E-state index is 12.1. The molecule has 17 heavy (non-hydrogen) atoms. The third kappa shape index (κ3) is 2.20. The van der Waals surface area contributed by atoms with Gasteiger partial charge in [-0.05, 0) is 23.8 Å². The van der Waals surface area contributed by atoms with E-state index in [0.717, 1.165) is 10.8 Å². The van der Waals surface area contributed by atoms with Crippen LogP contribution in [-0.2, 0) is 0 Å². The van der Waals surface area contributed by atoms with Crippen molar-refractivity contribution >= 4 is 16.6 Å². The van der Waals surface area contributed by atoms with Crippen molar-refractivity contribution in [3.8, 4) is 0 Å². The highest BCUT2D eigenvalue weighted by Gasteiger charge is 2.21. The van der Waals surface area contributed by atoms with Crippen LogP contribution in [0.4, 0.5) is 0 Å². The average molecular weight is 228 g/mol. The largest absolute Gasteiger partial charge is 0.391 e. The second-order valence-corrected chi connectivity index (χ2v) is 4.07. The predicted octanol–water partition coefficient (Wildman–Crippen LogP) is 1.53. The minimum atomic E-state index is -0.906. The normalized spacial score (nSPS) is 14.5. The van der Waals surface area contributed by atoms with Gasteiger partial charge in [-0.15, -0.1) is 0 Å². The molecule has 0 amide bonds. The van der Waals surface area contributed by atoms with Crippen molar-refractivity contribution in [2.45, 2.75) is 19.1 Å². The van der Waals surface area contributed by atoms with E-state index < -0.39 is 12.1 Å². The highest BCUT2D eigenvalue weighted by atomic mass is 16.3. The number of rotatable bonds is 3. The van der Waals surface area contributed by atoms with Gasteiger partial charge in [0.1, 0.15) is 0 Å². The lowest BCUT2D eigenvalue weighted by atomic mass is 9.96. The molecule has 1 radical (unpaired) electrons. The Balaban J connectivity index is 2.52. The van der Waals surface area contributed by atoms with Gasteiger partial charge in [-0.25, -0.2) is 0 Å². The van der Waals surface area contributed by atoms with Gasteiger partial charge < -0.3 is 10.8 Å². The maximum absolute atomic E-state index is 12.1. The first-order valence-electron chi connectivity index (χ1n) is 5.48. The molecule has 2 aromatic carbocycles. The van der Waals surface area contributed by atoms with E-state index in [0.29, 0.717) is 5.56 Å². The smallest absolute Gasteiger partial charge is 0.183 e. The molecule has 0 saturated heterocycles. The number of hydrogen-bond acceptors (Lipinski definition) is 3. The van der Waals surface area contributed by atoms with Crippen LogP contribution in [0.1, 0.15) is 17.3 Å². The van der Waals surface area contributed by atoms with Crippen LogP contribution in [0.5, 0.6) is 0 Å². The molecule has 0 bridgehead atoms. The summed E-state index contributed by atoms with van der Waals surface area (Å²) in [4.78, 5) is 12.1. The summed E-state index contributed by atoms with van der Waals surface area (Å²) >= 11 is 0. The molecule has 0 aliphatic carbocycles. The molecule has 87 valence electrons. The molecule has 3 nitrogen and oxygen atoms in total. The van der Waals surface area contributed by atoms with E-state index in [1.54, 1.807) is 6.07 Å². The van der Waals surface area contributed by atoms with Crippen LogP contribution in [0.25, 0.3) is 10.8 Å². The van der Waals surface area contributed by atoms with E-state index in [1.165, 1.54) is 6.92 Å². The number of fused-ring (bicyclic) bond motifs is 1. The van der Waals surface area contributed by atoms with Crippen molar-refractivity contribution in [2.75, 3.05) is 0 Å². The van der Waals surface area contributed by atoms with Gasteiger partial charge in [-0.3, -0.25) is 4.79 Å². The van der Waals surface area contributed by atoms with Crippen molar-refractivity contribution in [3.63, 3.8) is 0 Å². The number of hydrogen-bond donors (Lipinski definition) is 2. The van der Waals surface area contributed by atoms with Crippen molar-refractivity contribution in [3.05, 3.63) is 48.0 Å². The Hall–Kier alpha value is -1.71. The fraction of sp³-hybridized carbons (Fsp3) is 0.214. The number of nitrogens with two attached hydrogens (primary N) is 1. The molecule has 2 atom stereocenters. The van der Waals surface area contributed by atoms with Gasteiger partial charge in [0.05, 0.1) is 12.1 Å². The van der Waals surface area contributed by atoms with Gasteiger partial charge in [0.25, 0.3) is 0 Å². The van der Waals surface area contributed by atoms with Gasteiger partial charge >= 0.3 is 0 Å². The number of aliphatic hydroxyl groups excluding tert-OH is 1. The number of ketones is 1. The summed E-state index contributed by atoms with van der Waals surface area (Å²) in [5.74, 6) is -0.281. The summed E-state index contributed by atoms with van der Waals surface area (Å²) in [6.45, 7) is 1.51. The molecule has 2 rings (SSSR count). The number of carbonyl (C=O) groups is 1. The van der Waals surface area contributed by atoms with Gasteiger partial charge in [-0.2, -0.15) is 0 Å². The first-order valence-corrected chi connectivity index (χ1v) is 5.48. The van der Waals surface area contributed by atoms with Crippen LogP contribution in [0.3, 0.4) is 0 Å². The zero-order valence-corrected chi connectivity index (χ0v) is 9.55. The van der Waals surface area contributed by atoms with Gasteiger partial charge in [0.15, 0.2) is 5.78 Å². The number of benzene rings is 2. The van der Waals surface area contributed by atoms with E-state index in [-0.39, 0.29) is 5.78 Å². The lowest BCUT2D eigenvalue weighted by molar-refractivity contribution is 0.0848. The molecule has 2 aromatic rings. The molecule has 0 aliphatic rings. The summed E-state index contributed by atoms with van der Waals surface area (Å²) in [5.41, 5.74) is 6.10. The van der Waals surface area contributed by atoms with Gasteiger partial charge in [-0.1, -0.05) is 36.4 Å². The minimum Gasteiger partial charge on any atom is -0.391 e. The van der Waals surface area contributed by atoms with Crippen LogP contribution in [0.2, 0.25) is 0 Å². The molecular formula is C14H14NO2. The first-order chi connectivity index (χ1) is 8.11. The molecule has 3 N–H and O–H groups in total. The highest BCUT2D eigenvalue weighted by Crippen LogP contribution is 2.19. The van der Waals surface area contributed by atoms with E-state index in [4.69, 9.17) is 5.73 Å². The number of aliphatic hydroxyl groups is 1. The van der Waals surface area contributed by atoms with Crippen LogP contribution < -0.4 is 5.73 Å². The summed E-state index contributed by atoms with van der Waals surface area (Å²) in [7, 11) is 0. The van der Waals surface area contributed by atoms with Crippen LogP contribution >= 0.6 is 0 Å². The summed E-state index contributed by atoms with van der Waals surface area (Å²) in [5, 5.41) is 11.1. The highest BCUT2D eigenvalue weighted by molar-refractivity contribution is 6.10. The zero-order valence-electron chi connectivity index (χ0n) is 9.55. The zero-order chi connectivity index (χ0) is 12.4. The second kappa shape index (κ2) is 4.65. The Bertz CT molecular complexity index is 543. The Morgan fingerprint density at radius 1 is 1.35 bits per heavy atom. The third-order valence-electron chi connectivity index (χ3n) is 2.79. The van der Waals surface area contributed by atoms with Gasteiger partial charge in [0.2, 0.25) is 0 Å². The SMILES string of the molecule is C[C@@H](O)[C@H](N)C(=O)c1[c]ccc2ccccc12. The van der Waals surface area contributed by atoms with E-state index in [1.807, 2.05) is 30.3 Å². The lowest BCUT2D eigenvalue weighted by Crippen LogP contribution is -2.40. The summed E-state index contributed by atoms with van der Waals surface area (Å²) < 4.78 is 0. The lowest BCUT2D eigenvalue weighted by Gasteiger charge is -2.14. The fourth-order valence-electron chi connectivity index (χ4n) is 1.75. The predicted molar refractivity (Wildman–Crippen MR) is 66.8 cm³/mol. The standard InChI is InChI=1S/C14H14NO2/c1-9(16)13(15)14(17)12-8-4-6-10-5-2-3-7-11(10)12/h2-7,9,13,16H,15H2,1H3/t9-,13+/m1/s1. The molecule has 0 fully saturated rings. The molecule has 0 heterocycles. The van der Waals surface area contributed by atoms with Crippen LogP contribution in [0, 0.1) is 6.07 Å². The second-order valence-electron chi connectivity index (χ2n) is 4.07. The Labute approximate surface area is 99.9 Å². The average Bonchev–Trinajstić information content (AvgIpc) is 2.36. The molecule has 0 aromatic heterocycles. The van der Waals surface area contributed by atoms with E-state index >= 15 is 0 Å². The molecule has 3 heteroatoms. The molecule has 0 spiro atoms. The number of carbonyl (C=O) groups excluding carboxylic acids is 1. The van der Waals surface area contributed by atoms with Crippen molar-refractivity contribution in [2.24, 2.45) is 5.73 Å². The van der Waals surface area contributed by atoms with Crippen LogP contribution in [0.15, 0.2) is 36.4 Å². The maximum Gasteiger partial charge on any atom is 0.183 e. The Morgan fingerprint density at radius 3 is 2.76 bits per heavy atom. The third-order valence-corrected chi connectivity index (χ3v) is 2.79. The molecule has 0 unspecified atom stereocenters. The summed E-state index contributed by atoms with van der Waals surface area (Å²) in [6.07, 6.45) is -0.866. The minimum absolute atomic E-state index is 0.281. The van der Waals surface area contributed by atoms with Crippen molar-refractivity contribution < 1.29 is 9.90 Å². The fourth-order valence-corrected chi connectivity index (χ4v) is 1.75. The number of Topliss-reactive ketones (excluding diaryl/α,β-unsaturated/α-hetero) is 1.